The first-order valence-corrected chi connectivity index (χ1v) is 8.75. The van der Waals surface area contributed by atoms with E-state index in [1.165, 1.54) is 44.9 Å². The fourth-order valence-electron chi connectivity index (χ4n) is 3.14. The molecule has 0 amide bonds. The number of hydrogen-bond acceptors (Lipinski definition) is 3. The normalized spacial score (nSPS) is 25.9. The van der Waals surface area contributed by atoms with Gasteiger partial charge in [-0.05, 0) is 32.6 Å². The highest BCUT2D eigenvalue weighted by atomic mass is 16.4. The fourth-order valence-corrected chi connectivity index (χ4v) is 3.14. The molecule has 1 aliphatic heterocycles. The summed E-state index contributed by atoms with van der Waals surface area (Å²) in [4.78, 5) is 10.4. The SMILES string of the molecule is C[C@H]1N[C@H](CCCCCCCCCCC(=O)O)CC[C@H]1O. The number of carboxylic acid groups (broad SMARTS) is 1. The number of nitrogens with one attached hydrogen (secondary N) is 1. The molecule has 0 unspecified atom stereocenters. The van der Waals surface area contributed by atoms with Crippen LogP contribution in [0.25, 0.3) is 0 Å². The molecule has 1 fully saturated rings. The summed E-state index contributed by atoms with van der Waals surface area (Å²) in [6.45, 7) is 2.07. The molecule has 0 aromatic rings. The van der Waals surface area contributed by atoms with Gasteiger partial charge < -0.3 is 15.5 Å². The highest BCUT2D eigenvalue weighted by Crippen LogP contribution is 2.18. The second kappa shape index (κ2) is 11.0. The quantitative estimate of drug-likeness (QED) is 0.511. The van der Waals surface area contributed by atoms with Crippen molar-refractivity contribution in [2.75, 3.05) is 0 Å². The summed E-state index contributed by atoms with van der Waals surface area (Å²) in [6.07, 6.45) is 12.9. The standard InChI is InChI=1S/C17H33NO3/c1-14-16(19)13-12-15(18-14)10-8-6-4-2-3-5-7-9-11-17(20)21/h14-16,18-19H,2-13H2,1H3,(H,20,21)/t14-,15-,16-/m1/s1. The topological polar surface area (TPSA) is 69.6 Å². The first-order chi connectivity index (χ1) is 10.1. The molecular weight excluding hydrogens is 266 g/mol. The van der Waals surface area contributed by atoms with Crippen molar-refractivity contribution < 1.29 is 15.0 Å². The van der Waals surface area contributed by atoms with Crippen LogP contribution in [0.3, 0.4) is 0 Å². The van der Waals surface area contributed by atoms with E-state index in [0.717, 1.165) is 25.7 Å². The summed E-state index contributed by atoms with van der Waals surface area (Å²) in [7, 11) is 0. The van der Waals surface area contributed by atoms with Gasteiger partial charge in [0, 0.05) is 18.5 Å². The predicted molar refractivity (Wildman–Crippen MR) is 85.4 cm³/mol. The second-order valence-corrected chi connectivity index (χ2v) is 6.56. The van der Waals surface area contributed by atoms with Gasteiger partial charge in [0.2, 0.25) is 0 Å². The van der Waals surface area contributed by atoms with Crippen LogP contribution in [0.15, 0.2) is 0 Å². The van der Waals surface area contributed by atoms with Crippen LogP contribution in [-0.4, -0.2) is 34.4 Å². The fraction of sp³-hybridized carbons (Fsp3) is 0.941. The van der Waals surface area contributed by atoms with Crippen molar-refractivity contribution >= 4 is 5.97 Å². The molecular formula is C17H33NO3. The maximum Gasteiger partial charge on any atom is 0.303 e. The molecule has 0 saturated carbocycles. The van der Waals surface area contributed by atoms with Crippen LogP contribution in [0, 0.1) is 0 Å². The lowest BCUT2D eigenvalue weighted by atomic mass is 9.93. The highest BCUT2D eigenvalue weighted by molar-refractivity contribution is 5.66. The van der Waals surface area contributed by atoms with Crippen molar-refractivity contribution in [1.29, 1.82) is 0 Å². The third-order valence-electron chi connectivity index (χ3n) is 4.58. The Morgan fingerprint density at radius 2 is 1.57 bits per heavy atom. The van der Waals surface area contributed by atoms with Gasteiger partial charge in [0.05, 0.1) is 6.10 Å². The van der Waals surface area contributed by atoms with Gasteiger partial charge in [0.15, 0.2) is 0 Å². The van der Waals surface area contributed by atoms with Gasteiger partial charge in [0.25, 0.3) is 0 Å². The van der Waals surface area contributed by atoms with Crippen molar-refractivity contribution in [3.8, 4) is 0 Å². The molecule has 1 saturated heterocycles. The Hall–Kier alpha value is -0.610. The van der Waals surface area contributed by atoms with Crippen molar-refractivity contribution in [1.82, 2.24) is 5.32 Å². The zero-order valence-electron chi connectivity index (χ0n) is 13.5. The molecule has 21 heavy (non-hydrogen) atoms. The van der Waals surface area contributed by atoms with E-state index < -0.39 is 5.97 Å². The van der Waals surface area contributed by atoms with Crippen LogP contribution in [0.1, 0.15) is 84.0 Å². The van der Waals surface area contributed by atoms with E-state index >= 15 is 0 Å². The molecule has 1 aliphatic rings. The minimum absolute atomic E-state index is 0.164. The maximum atomic E-state index is 10.4. The Bertz CT molecular complexity index is 283. The number of hydrogen-bond donors (Lipinski definition) is 3. The first kappa shape index (κ1) is 18.4. The highest BCUT2D eigenvalue weighted by Gasteiger charge is 2.24. The van der Waals surface area contributed by atoms with Crippen LogP contribution in [0.2, 0.25) is 0 Å². The zero-order chi connectivity index (χ0) is 15.5. The predicted octanol–water partition coefficient (Wildman–Crippen LogP) is 3.47. The summed E-state index contributed by atoms with van der Waals surface area (Å²) < 4.78 is 0. The van der Waals surface area contributed by atoms with Crippen molar-refractivity contribution in [2.24, 2.45) is 0 Å². The lowest BCUT2D eigenvalue weighted by Gasteiger charge is -2.32. The van der Waals surface area contributed by atoms with Gasteiger partial charge >= 0.3 is 5.97 Å². The molecule has 124 valence electrons. The largest absolute Gasteiger partial charge is 0.481 e. The number of piperidine rings is 1. The van der Waals surface area contributed by atoms with Gasteiger partial charge in [-0.1, -0.05) is 44.9 Å². The molecule has 0 aromatic carbocycles. The molecule has 3 N–H and O–H groups in total. The molecule has 0 bridgehead atoms. The number of unbranched alkanes of at least 4 members (excludes halogenated alkanes) is 7. The Labute approximate surface area is 129 Å². The molecule has 0 aromatic heterocycles. The van der Waals surface area contributed by atoms with E-state index in [1.807, 2.05) is 0 Å². The van der Waals surface area contributed by atoms with Crippen LogP contribution >= 0.6 is 0 Å². The number of rotatable bonds is 11. The summed E-state index contributed by atoms with van der Waals surface area (Å²) >= 11 is 0. The van der Waals surface area contributed by atoms with Gasteiger partial charge in [-0.25, -0.2) is 0 Å². The van der Waals surface area contributed by atoms with Crippen molar-refractivity contribution in [3.05, 3.63) is 0 Å². The lowest BCUT2D eigenvalue weighted by molar-refractivity contribution is -0.137. The average Bonchev–Trinajstić information content (AvgIpc) is 2.44. The van der Waals surface area contributed by atoms with E-state index in [0.29, 0.717) is 12.5 Å². The van der Waals surface area contributed by atoms with Crippen molar-refractivity contribution in [3.63, 3.8) is 0 Å². The molecule has 0 radical (unpaired) electrons. The van der Waals surface area contributed by atoms with Gasteiger partial charge in [-0.2, -0.15) is 0 Å². The molecule has 1 rings (SSSR count). The van der Waals surface area contributed by atoms with E-state index in [1.54, 1.807) is 0 Å². The van der Waals surface area contributed by atoms with Gasteiger partial charge in [-0.3, -0.25) is 4.79 Å². The third-order valence-corrected chi connectivity index (χ3v) is 4.58. The third kappa shape index (κ3) is 9.10. The molecule has 4 nitrogen and oxygen atoms in total. The minimum Gasteiger partial charge on any atom is -0.481 e. The van der Waals surface area contributed by atoms with Gasteiger partial charge in [-0.15, -0.1) is 0 Å². The number of aliphatic carboxylic acids is 1. The lowest BCUT2D eigenvalue weighted by Crippen LogP contribution is -2.48. The summed E-state index contributed by atoms with van der Waals surface area (Å²) in [5, 5.41) is 21.7. The van der Waals surface area contributed by atoms with E-state index in [9.17, 15) is 9.90 Å². The van der Waals surface area contributed by atoms with Crippen molar-refractivity contribution in [2.45, 2.75) is 102 Å². The summed E-state index contributed by atoms with van der Waals surface area (Å²) in [6, 6.07) is 0.842. The molecule has 1 heterocycles. The van der Waals surface area contributed by atoms with E-state index in [-0.39, 0.29) is 12.1 Å². The number of aliphatic hydroxyl groups excluding tert-OH is 1. The Morgan fingerprint density at radius 3 is 2.14 bits per heavy atom. The Kier molecular flexibility index (Phi) is 9.68. The zero-order valence-corrected chi connectivity index (χ0v) is 13.5. The second-order valence-electron chi connectivity index (χ2n) is 6.56. The smallest absolute Gasteiger partial charge is 0.303 e. The minimum atomic E-state index is -0.673. The monoisotopic (exact) mass is 299 g/mol. The molecule has 4 heteroatoms. The number of carboxylic acids is 1. The molecule has 0 spiro atoms. The molecule has 0 aliphatic carbocycles. The summed E-state index contributed by atoms with van der Waals surface area (Å²) in [5.41, 5.74) is 0. The van der Waals surface area contributed by atoms with Crippen LogP contribution in [0.5, 0.6) is 0 Å². The number of carbonyl (C=O) groups is 1. The van der Waals surface area contributed by atoms with Crippen LogP contribution in [-0.2, 0) is 4.79 Å². The van der Waals surface area contributed by atoms with Gasteiger partial charge in [0.1, 0.15) is 0 Å². The average molecular weight is 299 g/mol. The Balaban J connectivity index is 1.83. The molecule has 3 atom stereocenters. The number of aliphatic hydroxyl groups is 1. The van der Waals surface area contributed by atoms with E-state index in [4.69, 9.17) is 5.11 Å². The van der Waals surface area contributed by atoms with E-state index in [2.05, 4.69) is 12.2 Å². The summed E-state index contributed by atoms with van der Waals surface area (Å²) in [5.74, 6) is -0.673. The van der Waals surface area contributed by atoms with Crippen LogP contribution < -0.4 is 5.32 Å². The first-order valence-electron chi connectivity index (χ1n) is 8.75. The Morgan fingerprint density at radius 1 is 1.00 bits per heavy atom. The van der Waals surface area contributed by atoms with Crippen LogP contribution in [0.4, 0.5) is 0 Å². The maximum absolute atomic E-state index is 10.4.